The predicted molar refractivity (Wildman–Crippen MR) is 128 cm³/mol. The number of aryl methyl sites for hydroxylation is 1. The molecule has 0 saturated heterocycles. The molecule has 3 rings (SSSR count). The van der Waals surface area contributed by atoms with E-state index in [1.807, 2.05) is 0 Å². The summed E-state index contributed by atoms with van der Waals surface area (Å²) in [6.07, 6.45) is 3.08. The van der Waals surface area contributed by atoms with Gasteiger partial charge in [0.2, 0.25) is 5.91 Å². The highest BCUT2D eigenvalue weighted by atomic mass is 79.9. The molecule has 8 nitrogen and oxygen atoms in total. The summed E-state index contributed by atoms with van der Waals surface area (Å²) in [5.41, 5.74) is 6.88. The first kappa shape index (κ1) is 27.4. The molecule has 0 atom stereocenters. The van der Waals surface area contributed by atoms with Gasteiger partial charge in [-0.25, -0.2) is 8.78 Å². The first-order valence-electron chi connectivity index (χ1n) is 9.90. The SMILES string of the molecule is Cc1cc(OCc2ccc(F)cc2F)c(Br)c(=O)n1Cc1cnc(CN(C)C(=O)CN)cn1.Cl. The molecule has 34 heavy (non-hydrogen) atoms. The quantitative estimate of drug-likeness (QED) is 0.456. The van der Waals surface area contributed by atoms with Crippen LogP contribution in [0.1, 0.15) is 22.6 Å². The fraction of sp³-hybridized carbons (Fsp3) is 0.273. The highest BCUT2D eigenvalue weighted by Gasteiger charge is 2.15. The van der Waals surface area contributed by atoms with Crippen molar-refractivity contribution >= 4 is 34.2 Å². The molecule has 0 spiro atoms. The molecule has 2 aromatic heterocycles. The lowest BCUT2D eigenvalue weighted by Gasteiger charge is -2.16. The zero-order valence-electron chi connectivity index (χ0n) is 18.4. The number of nitrogens with two attached hydrogens (primary N) is 1. The van der Waals surface area contributed by atoms with E-state index < -0.39 is 11.6 Å². The lowest BCUT2D eigenvalue weighted by Crippen LogP contribution is -2.32. The molecule has 0 radical (unpaired) electrons. The van der Waals surface area contributed by atoms with Gasteiger partial charge in [-0.05, 0) is 35.0 Å². The summed E-state index contributed by atoms with van der Waals surface area (Å²) in [7, 11) is 1.62. The van der Waals surface area contributed by atoms with Crippen molar-refractivity contribution in [2.45, 2.75) is 26.6 Å². The van der Waals surface area contributed by atoms with Gasteiger partial charge in [-0.1, -0.05) is 0 Å². The first-order chi connectivity index (χ1) is 15.7. The van der Waals surface area contributed by atoms with Crippen LogP contribution in [0.15, 0.2) is 45.9 Å². The van der Waals surface area contributed by atoms with Crippen LogP contribution >= 0.6 is 28.3 Å². The number of aromatic nitrogens is 3. The summed E-state index contributed by atoms with van der Waals surface area (Å²) in [6, 6.07) is 4.85. The fourth-order valence-corrected chi connectivity index (χ4v) is 3.45. The lowest BCUT2D eigenvalue weighted by molar-refractivity contribution is -0.128. The van der Waals surface area contributed by atoms with Gasteiger partial charge in [0.15, 0.2) is 0 Å². The summed E-state index contributed by atoms with van der Waals surface area (Å²) >= 11 is 3.25. The van der Waals surface area contributed by atoms with E-state index in [9.17, 15) is 18.4 Å². The largest absolute Gasteiger partial charge is 0.487 e. The van der Waals surface area contributed by atoms with E-state index in [0.29, 0.717) is 17.1 Å². The zero-order chi connectivity index (χ0) is 24.1. The van der Waals surface area contributed by atoms with Crippen LogP contribution in [0.25, 0.3) is 0 Å². The van der Waals surface area contributed by atoms with Crippen LogP contribution in [-0.2, 0) is 24.5 Å². The molecule has 3 aromatic rings. The topological polar surface area (TPSA) is 103 Å². The van der Waals surface area contributed by atoms with E-state index in [1.54, 1.807) is 26.2 Å². The van der Waals surface area contributed by atoms with Crippen molar-refractivity contribution in [1.82, 2.24) is 19.4 Å². The smallest absolute Gasteiger partial charge is 0.269 e. The van der Waals surface area contributed by atoms with Gasteiger partial charge in [0.1, 0.15) is 28.5 Å². The Morgan fingerprint density at radius 2 is 1.88 bits per heavy atom. The number of benzene rings is 1. The Morgan fingerprint density at radius 3 is 2.50 bits per heavy atom. The Bertz CT molecular complexity index is 1220. The molecular formula is C22H23BrClF2N5O3. The number of carbonyl (C=O) groups is 1. The third-order valence-electron chi connectivity index (χ3n) is 4.89. The highest BCUT2D eigenvalue weighted by molar-refractivity contribution is 9.10. The van der Waals surface area contributed by atoms with E-state index in [0.717, 1.165) is 12.1 Å². The minimum Gasteiger partial charge on any atom is -0.487 e. The number of hydrogen-bond acceptors (Lipinski definition) is 6. The fourth-order valence-electron chi connectivity index (χ4n) is 3.00. The molecule has 0 aliphatic rings. The Balaban J connectivity index is 0.00000408. The van der Waals surface area contributed by atoms with Crippen LogP contribution in [0.4, 0.5) is 8.78 Å². The Morgan fingerprint density at radius 1 is 1.21 bits per heavy atom. The second kappa shape index (κ2) is 12.0. The molecular weight excluding hydrogens is 536 g/mol. The molecule has 1 aromatic carbocycles. The van der Waals surface area contributed by atoms with E-state index >= 15 is 0 Å². The van der Waals surface area contributed by atoms with E-state index in [2.05, 4.69) is 25.9 Å². The number of hydrogen-bond donors (Lipinski definition) is 1. The Labute approximate surface area is 209 Å². The monoisotopic (exact) mass is 557 g/mol. The van der Waals surface area contributed by atoms with Gasteiger partial charge < -0.3 is 19.9 Å². The van der Waals surface area contributed by atoms with Crippen LogP contribution in [-0.4, -0.2) is 38.9 Å². The minimum atomic E-state index is -0.725. The second-order valence-electron chi connectivity index (χ2n) is 7.33. The summed E-state index contributed by atoms with van der Waals surface area (Å²) in [4.78, 5) is 34.5. The zero-order valence-corrected chi connectivity index (χ0v) is 20.8. The summed E-state index contributed by atoms with van der Waals surface area (Å²) in [5, 5.41) is 0. The summed E-state index contributed by atoms with van der Waals surface area (Å²) < 4.78 is 34.2. The number of pyridine rings is 1. The van der Waals surface area contributed by atoms with E-state index in [1.165, 1.54) is 21.7 Å². The molecule has 0 bridgehead atoms. The molecule has 182 valence electrons. The lowest BCUT2D eigenvalue weighted by atomic mass is 10.2. The predicted octanol–water partition coefficient (Wildman–Crippen LogP) is 2.95. The maximum absolute atomic E-state index is 13.8. The number of rotatable bonds is 8. The first-order valence-corrected chi connectivity index (χ1v) is 10.7. The van der Waals surface area contributed by atoms with E-state index in [-0.39, 0.29) is 65.9 Å². The maximum Gasteiger partial charge on any atom is 0.269 e. The third kappa shape index (κ3) is 6.58. The molecule has 2 heterocycles. The van der Waals surface area contributed by atoms with Gasteiger partial charge in [-0.2, -0.15) is 0 Å². The Hall–Kier alpha value is -2.89. The second-order valence-corrected chi connectivity index (χ2v) is 8.13. The molecule has 0 aliphatic heterocycles. The molecule has 2 N–H and O–H groups in total. The van der Waals surface area contributed by atoms with Crippen molar-refractivity contribution in [1.29, 1.82) is 0 Å². The van der Waals surface area contributed by atoms with Crippen molar-refractivity contribution in [2.24, 2.45) is 5.73 Å². The summed E-state index contributed by atoms with van der Waals surface area (Å²) in [6.45, 7) is 1.92. The average Bonchev–Trinajstić information content (AvgIpc) is 2.79. The van der Waals surface area contributed by atoms with E-state index in [4.69, 9.17) is 10.5 Å². The van der Waals surface area contributed by atoms with Gasteiger partial charge >= 0.3 is 0 Å². The average molecular weight is 559 g/mol. The molecule has 1 amide bonds. The number of nitrogens with zero attached hydrogens (tertiary/aromatic N) is 4. The Kier molecular flexibility index (Phi) is 9.66. The molecule has 0 saturated carbocycles. The number of amides is 1. The number of carbonyl (C=O) groups excluding carboxylic acids is 1. The molecule has 0 fully saturated rings. The van der Waals surface area contributed by atoms with Crippen LogP contribution in [0.3, 0.4) is 0 Å². The molecule has 0 aliphatic carbocycles. The number of halogens is 4. The van der Waals surface area contributed by atoms with Gasteiger partial charge in [0, 0.05) is 30.4 Å². The molecule has 12 heteroatoms. The van der Waals surface area contributed by atoms with Crippen LogP contribution < -0.4 is 16.0 Å². The minimum absolute atomic E-state index is 0. The van der Waals surface area contributed by atoms with Gasteiger partial charge in [0.25, 0.3) is 5.56 Å². The van der Waals surface area contributed by atoms with Crippen molar-refractivity contribution in [3.05, 3.63) is 85.8 Å². The number of likely N-dealkylation sites (N-methyl/N-ethyl adjacent to an activating group) is 1. The van der Waals surface area contributed by atoms with Crippen LogP contribution in [0.5, 0.6) is 5.75 Å². The third-order valence-corrected chi connectivity index (χ3v) is 5.62. The van der Waals surface area contributed by atoms with Gasteiger partial charge in [-0.3, -0.25) is 19.6 Å². The van der Waals surface area contributed by atoms with Crippen LogP contribution in [0.2, 0.25) is 0 Å². The maximum atomic E-state index is 13.8. The highest BCUT2D eigenvalue weighted by Crippen LogP contribution is 2.24. The van der Waals surface area contributed by atoms with Crippen molar-refractivity contribution in [3.8, 4) is 5.75 Å². The summed E-state index contributed by atoms with van der Waals surface area (Å²) in [5.74, 6) is -1.37. The van der Waals surface area contributed by atoms with Crippen LogP contribution in [0, 0.1) is 18.6 Å². The van der Waals surface area contributed by atoms with Crippen molar-refractivity contribution < 1.29 is 18.3 Å². The van der Waals surface area contributed by atoms with Gasteiger partial charge in [-0.15, -0.1) is 12.4 Å². The van der Waals surface area contributed by atoms with Gasteiger partial charge in [0.05, 0.1) is 43.4 Å². The standard InChI is InChI=1S/C22H22BrF2N5O3.ClH/c1-13-5-19(33-12-14-3-4-15(24)6-18(14)25)21(23)22(32)30(13)11-17-9-27-16(8-28-17)10-29(2)20(31)7-26;/h3-6,8-9H,7,10-12,26H2,1-2H3;1H. The molecule has 0 unspecified atom stereocenters. The normalized spacial score (nSPS) is 10.5. The number of ether oxygens (including phenoxy) is 1. The van der Waals surface area contributed by atoms with Crippen molar-refractivity contribution in [3.63, 3.8) is 0 Å². The van der Waals surface area contributed by atoms with Crippen molar-refractivity contribution in [2.75, 3.05) is 13.6 Å².